The molecular weight excluding hydrogens is 269 g/mol. The highest BCUT2D eigenvalue weighted by molar-refractivity contribution is 8.01. The number of nitrogens with two attached hydrogens (primary N) is 1. The van der Waals surface area contributed by atoms with Gasteiger partial charge in [0.05, 0.1) is 0 Å². The van der Waals surface area contributed by atoms with Crippen LogP contribution in [-0.4, -0.2) is 15.4 Å². The first-order valence-electron chi connectivity index (χ1n) is 5.67. The molecule has 96 valence electrons. The van der Waals surface area contributed by atoms with Crippen LogP contribution in [0.3, 0.4) is 0 Å². The summed E-state index contributed by atoms with van der Waals surface area (Å²) in [7, 11) is 0. The van der Waals surface area contributed by atoms with E-state index in [4.69, 9.17) is 5.73 Å². The second kappa shape index (κ2) is 6.26. The summed E-state index contributed by atoms with van der Waals surface area (Å²) >= 11 is 2.84. The van der Waals surface area contributed by atoms with Crippen LogP contribution in [0.5, 0.6) is 0 Å². The summed E-state index contributed by atoms with van der Waals surface area (Å²) in [5.74, 6) is -0.227. The van der Waals surface area contributed by atoms with Crippen LogP contribution in [0.25, 0.3) is 0 Å². The molecule has 2 rings (SSSR count). The molecule has 0 amide bonds. The molecule has 0 aliphatic carbocycles. The Morgan fingerprint density at radius 1 is 1.50 bits per heavy atom. The fraction of sp³-hybridized carbons (Fsp3) is 0.333. The highest BCUT2D eigenvalue weighted by Crippen LogP contribution is 2.32. The molecule has 1 aromatic carbocycles. The largest absolute Gasteiger partial charge is 0.327 e. The monoisotopic (exact) mass is 283 g/mol. The number of halogens is 1. The standard InChI is InChI=1S/C12H14FN3S2/c1-2-10(14)6-8-5-9(13)3-4-11(8)17-12-15-7-16-18-12/h3-5,7,10H,2,6,14H2,1H3. The summed E-state index contributed by atoms with van der Waals surface area (Å²) in [6, 6.07) is 4.85. The minimum Gasteiger partial charge on any atom is -0.327 e. The zero-order chi connectivity index (χ0) is 13.0. The van der Waals surface area contributed by atoms with Crippen LogP contribution in [-0.2, 0) is 6.42 Å². The highest BCUT2D eigenvalue weighted by atomic mass is 32.2. The Labute approximate surface area is 114 Å². The van der Waals surface area contributed by atoms with Crippen molar-refractivity contribution in [3.63, 3.8) is 0 Å². The van der Waals surface area contributed by atoms with Crippen molar-refractivity contribution in [2.75, 3.05) is 0 Å². The van der Waals surface area contributed by atoms with Gasteiger partial charge < -0.3 is 5.73 Å². The van der Waals surface area contributed by atoms with Crippen molar-refractivity contribution < 1.29 is 4.39 Å². The third-order valence-electron chi connectivity index (χ3n) is 2.57. The highest BCUT2D eigenvalue weighted by Gasteiger charge is 2.11. The number of aromatic nitrogens is 2. The first-order chi connectivity index (χ1) is 8.69. The van der Waals surface area contributed by atoms with Crippen LogP contribution in [0.2, 0.25) is 0 Å². The Morgan fingerprint density at radius 3 is 3.00 bits per heavy atom. The predicted molar refractivity (Wildman–Crippen MR) is 72.4 cm³/mol. The van der Waals surface area contributed by atoms with E-state index >= 15 is 0 Å². The van der Waals surface area contributed by atoms with Gasteiger partial charge in [-0.15, -0.1) is 0 Å². The van der Waals surface area contributed by atoms with E-state index in [1.807, 2.05) is 6.92 Å². The van der Waals surface area contributed by atoms with E-state index in [9.17, 15) is 4.39 Å². The van der Waals surface area contributed by atoms with Crippen molar-refractivity contribution in [1.29, 1.82) is 0 Å². The van der Waals surface area contributed by atoms with Crippen molar-refractivity contribution in [3.05, 3.63) is 35.9 Å². The molecule has 2 aromatic rings. The van der Waals surface area contributed by atoms with Gasteiger partial charge in [0, 0.05) is 10.9 Å². The van der Waals surface area contributed by atoms with Gasteiger partial charge >= 0.3 is 0 Å². The number of hydrogen-bond acceptors (Lipinski definition) is 5. The lowest BCUT2D eigenvalue weighted by Gasteiger charge is -2.12. The van der Waals surface area contributed by atoms with Crippen molar-refractivity contribution >= 4 is 23.3 Å². The first kappa shape index (κ1) is 13.5. The van der Waals surface area contributed by atoms with Crippen LogP contribution < -0.4 is 5.73 Å². The summed E-state index contributed by atoms with van der Waals surface area (Å²) in [4.78, 5) is 5.12. The molecule has 0 aliphatic heterocycles. The zero-order valence-corrected chi connectivity index (χ0v) is 11.6. The molecule has 18 heavy (non-hydrogen) atoms. The lowest BCUT2D eigenvalue weighted by molar-refractivity contribution is 0.610. The summed E-state index contributed by atoms with van der Waals surface area (Å²) in [6.45, 7) is 2.03. The lowest BCUT2D eigenvalue weighted by atomic mass is 10.0. The molecule has 0 saturated heterocycles. The smallest absolute Gasteiger partial charge is 0.174 e. The Morgan fingerprint density at radius 2 is 2.33 bits per heavy atom. The maximum atomic E-state index is 13.3. The normalized spacial score (nSPS) is 12.6. The molecule has 0 spiro atoms. The molecule has 1 atom stereocenters. The number of hydrogen-bond donors (Lipinski definition) is 1. The minimum atomic E-state index is -0.227. The van der Waals surface area contributed by atoms with Gasteiger partial charge in [-0.05, 0) is 48.1 Å². The second-order valence-corrected chi connectivity index (χ2v) is 6.00. The molecule has 1 heterocycles. The van der Waals surface area contributed by atoms with E-state index in [0.717, 1.165) is 21.2 Å². The molecule has 1 unspecified atom stereocenters. The fourth-order valence-electron chi connectivity index (χ4n) is 1.54. The van der Waals surface area contributed by atoms with Crippen LogP contribution in [0.4, 0.5) is 4.39 Å². The van der Waals surface area contributed by atoms with Crippen molar-refractivity contribution in [3.8, 4) is 0 Å². The van der Waals surface area contributed by atoms with E-state index in [1.165, 1.54) is 35.7 Å². The quantitative estimate of drug-likeness (QED) is 0.916. The molecule has 0 radical (unpaired) electrons. The van der Waals surface area contributed by atoms with Crippen molar-refractivity contribution in [2.45, 2.75) is 35.0 Å². The Kier molecular flexibility index (Phi) is 4.68. The maximum absolute atomic E-state index is 13.3. The predicted octanol–water partition coefficient (Wildman–Crippen LogP) is 3.11. The minimum absolute atomic E-state index is 0.0561. The van der Waals surface area contributed by atoms with E-state index in [0.29, 0.717) is 6.42 Å². The molecule has 6 heteroatoms. The van der Waals surface area contributed by atoms with Gasteiger partial charge in [-0.1, -0.05) is 18.7 Å². The third kappa shape index (κ3) is 3.51. The maximum Gasteiger partial charge on any atom is 0.174 e. The van der Waals surface area contributed by atoms with E-state index in [-0.39, 0.29) is 11.9 Å². The SMILES string of the molecule is CCC(N)Cc1cc(F)ccc1Sc1ncns1. The molecule has 0 bridgehead atoms. The fourth-order valence-corrected chi connectivity index (χ4v) is 3.06. The van der Waals surface area contributed by atoms with Gasteiger partial charge in [-0.3, -0.25) is 0 Å². The molecule has 2 N–H and O–H groups in total. The van der Waals surface area contributed by atoms with Crippen LogP contribution in [0.15, 0.2) is 33.8 Å². The topological polar surface area (TPSA) is 51.8 Å². The zero-order valence-electron chi connectivity index (χ0n) is 9.97. The average molecular weight is 283 g/mol. The van der Waals surface area contributed by atoms with Gasteiger partial charge in [-0.25, -0.2) is 9.37 Å². The summed E-state index contributed by atoms with van der Waals surface area (Å²) in [5.41, 5.74) is 6.88. The van der Waals surface area contributed by atoms with Crippen LogP contribution in [0.1, 0.15) is 18.9 Å². The Balaban J connectivity index is 2.22. The number of nitrogens with zero attached hydrogens (tertiary/aromatic N) is 2. The third-order valence-corrected chi connectivity index (χ3v) is 4.40. The molecular formula is C12H14FN3S2. The van der Waals surface area contributed by atoms with Crippen molar-refractivity contribution in [2.24, 2.45) is 5.73 Å². The van der Waals surface area contributed by atoms with E-state index in [1.54, 1.807) is 12.1 Å². The van der Waals surface area contributed by atoms with Gasteiger partial charge in [0.25, 0.3) is 0 Å². The lowest BCUT2D eigenvalue weighted by Crippen LogP contribution is -2.21. The summed E-state index contributed by atoms with van der Waals surface area (Å²) in [6.07, 6.45) is 3.07. The van der Waals surface area contributed by atoms with Crippen molar-refractivity contribution in [1.82, 2.24) is 9.36 Å². The second-order valence-electron chi connectivity index (χ2n) is 3.93. The average Bonchev–Trinajstić information content (AvgIpc) is 2.85. The Bertz CT molecular complexity index is 502. The van der Waals surface area contributed by atoms with Gasteiger partial charge in [0.15, 0.2) is 4.34 Å². The number of rotatable bonds is 5. The summed E-state index contributed by atoms with van der Waals surface area (Å²) in [5, 5.41) is 0. The van der Waals surface area contributed by atoms with Gasteiger partial charge in [0.1, 0.15) is 12.1 Å². The van der Waals surface area contributed by atoms with Crippen LogP contribution >= 0.6 is 23.3 Å². The molecule has 0 fully saturated rings. The number of benzene rings is 1. The first-order valence-corrected chi connectivity index (χ1v) is 7.26. The van der Waals surface area contributed by atoms with E-state index in [2.05, 4.69) is 9.36 Å². The van der Waals surface area contributed by atoms with Crippen LogP contribution in [0, 0.1) is 5.82 Å². The van der Waals surface area contributed by atoms with E-state index < -0.39 is 0 Å². The molecule has 0 aliphatic rings. The molecule has 1 aromatic heterocycles. The van der Waals surface area contributed by atoms with Gasteiger partial charge in [0.2, 0.25) is 0 Å². The molecule has 3 nitrogen and oxygen atoms in total. The van der Waals surface area contributed by atoms with Gasteiger partial charge in [-0.2, -0.15) is 4.37 Å². The Hall–Kier alpha value is -0.980. The summed E-state index contributed by atoms with van der Waals surface area (Å²) < 4.78 is 18.1. The molecule has 0 saturated carbocycles.